The molecule has 138 valence electrons. The highest BCUT2D eigenvalue weighted by molar-refractivity contribution is 6.09. The fraction of sp³-hybridized carbons (Fsp3) is 0.773. The minimum atomic E-state index is -0.844. The van der Waals surface area contributed by atoms with Crippen LogP contribution in [0.1, 0.15) is 44.9 Å². The Bertz CT molecular complexity index is 685. The standard InChI is InChI=1S/C22H29BO3/c23-12-21-8-6-16-15-5-3-14(25)10-13(15)2-4-17(16)20(21)18-11-19(18)22(21,26)7-1-9-24/h1,7,10,15-20,24,26H,2-6,8-9,11-12H2/b7-1-. The smallest absolute Gasteiger partial charge is 0.155 e. The second-order valence-electron chi connectivity index (χ2n) is 9.54. The lowest BCUT2D eigenvalue weighted by molar-refractivity contribution is -0.119. The van der Waals surface area contributed by atoms with E-state index in [2.05, 4.69) is 0 Å². The number of aliphatic hydroxyl groups excluding tert-OH is 1. The summed E-state index contributed by atoms with van der Waals surface area (Å²) in [5.41, 5.74) is 0.339. The first-order chi connectivity index (χ1) is 12.6. The maximum Gasteiger partial charge on any atom is 0.155 e. The van der Waals surface area contributed by atoms with Crippen molar-refractivity contribution in [2.24, 2.45) is 40.9 Å². The monoisotopic (exact) mass is 352 g/mol. The van der Waals surface area contributed by atoms with Gasteiger partial charge >= 0.3 is 0 Å². The fourth-order valence-corrected chi connectivity index (χ4v) is 7.93. The highest BCUT2D eigenvalue weighted by Gasteiger charge is 2.75. The summed E-state index contributed by atoms with van der Waals surface area (Å²) in [6.45, 7) is -0.0265. The first-order valence-corrected chi connectivity index (χ1v) is 10.5. The average Bonchev–Trinajstić information content (AvgIpc) is 3.41. The molecule has 0 aromatic carbocycles. The van der Waals surface area contributed by atoms with Crippen LogP contribution in [0.5, 0.6) is 0 Å². The van der Waals surface area contributed by atoms with Crippen LogP contribution in [0.15, 0.2) is 23.8 Å². The van der Waals surface area contributed by atoms with Gasteiger partial charge in [-0.25, -0.2) is 0 Å². The summed E-state index contributed by atoms with van der Waals surface area (Å²) in [5.74, 6) is 3.61. The van der Waals surface area contributed by atoms with Gasteiger partial charge < -0.3 is 10.2 Å². The molecule has 5 aliphatic carbocycles. The van der Waals surface area contributed by atoms with Crippen LogP contribution in [0.25, 0.3) is 0 Å². The summed E-state index contributed by atoms with van der Waals surface area (Å²) in [5, 5.41) is 21.0. The van der Waals surface area contributed by atoms with Crippen LogP contribution in [-0.4, -0.2) is 36.1 Å². The Labute approximate surface area is 157 Å². The Morgan fingerprint density at radius 2 is 2.04 bits per heavy atom. The van der Waals surface area contributed by atoms with Crippen LogP contribution in [0.4, 0.5) is 0 Å². The molecule has 0 bridgehead atoms. The van der Waals surface area contributed by atoms with Crippen LogP contribution >= 0.6 is 0 Å². The summed E-state index contributed by atoms with van der Waals surface area (Å²) in [4.78, 5) is 11.8. The second-order valence-corrected chi connectivity index (χ2v) is 9.54. The van der Waals surface area contributed by atoms with Crippen molar-refractivity contribution >= 4 is 13.6 Å². The molecule has 4 saturated carbocycles. The topological polar surface area (TPSA) is 57.5 Å². The van der Waals surface area contributed by atoms with Crippen molar-refractivity contribution in [1.29, 1.82) is 0 Å². The van der Waals surface area contributed by atoms with Gasteiger partial charge in [-0.05, 0) is 85.5 Å². The van der Waals surface area contributed by atoms with E-state index in [1.807, 2.05) is 12.2 Å². The molecule has 5 rings (SSSR count). The molecular weight excluding hydrogens is 323 g/mol. The Balaban J connectivity index is 1.51. The predicted octanol–water partition coefficient (Wildman–Crippen LogP) is 2.83. The van der Waals surface area contributed by atoms with Gasteiger partial charge in [-0.1, -0.05) is 24.0 Å². The second kappa shape index (κ2) is 5.81. The zero-order valence-corrected chi connectivity index (χ0v) is 15.4. The van der Waals surface area contributed by atoms with E-state index in [-0.39, 0.29) is 12.0 Å². The molecule has 4 fully saturated rings. The lowest BCUT2D eigenvalue weighted by Crippen LogP contribution is -2.55. The third kappa shape index (κ3) is 2.06. The van der Waals surface area contributed by atoms with E-state index in [1.165, 1.54) is 5.57 Å². The van der Waals surface area contributed by atoms with Crippen LogP contribution in [0.2, 0.25) is 6.32 Å². The number of rotatable bonds is 3. The summed E-state index contributed by atoms with van der Waals surface area (Å²) in [6, 6.07) is 0. The predicted molar refractivity (Wildman–Crippen MR) is 101 cm³/mol. The molecule has 0 amide bonds. The Hall–Kier alpha value is -0.865. The van der Waals surface area contributed by atoms with E-state index in [9.17, 15) is 15.0 Å². The van der Waals surface area contributed by atoms with E-state index in [0.717, 1.165) is 38.5 Å². The third-order valence-corrected chi connectivity index (χ3v) is 8.89. The number of ketones is 1. The zero-order valence-electron chi connectivity index (χ0n) is 15.4. The fourth-order valence-electron chi connectivity index (χ4n) is 7.93. The van der Waals surface area contributed by atoms with Crippen LogP contribution in [0, 0.1) is 40.9 Å². The highest BCUT2D eigenvalue weighted by Crippen LogP contribution is 2.77. The number of hydrogen-bond donors (Lipinski definition) is 2. The van der Waals surface area contributed by atoms with Crippen molar-refractivity contribution in [3.8, 4) is 0 Å². The molecule has 0 saturated heterocycles. The van der Waals surface area contributed by atoms with Crippen molar-refractivity contribution in [2.75, 3.05) is 6.61 Å². The minimum Gasteiger partial charge on any atom is -0.392 e. The SMILES string of the molecule is [B]CC12CCC3C4CCC(=O)C=C4CCC3C1C1CC1C2(O)/C=C\CO. The Morgan fingerprint density at radius 3 is 2.81 bits per heavy atom. The number of aliphatic hydroxyl groups is 2. The van der Waals surface area contributed by atoms with Gasteiger partial charge in [0.05, 0.1) is 20.1 Å². The normalized spacial score (nSPS) is 52.1. The molecular formula is C22H29BO3. The molecule has 8 unspecified atom stereocenters. The molecule has 2 N–H and O–H groups in total. The lowest BCUT2D eigenvalue weighted by Gasteiger charge is -2.58. The van der Waals surface area contributed by atoms with Gasteiger partial charge in [0, 0.05) is 6.42 Å². The van der Waals surface area contributed by atoms with Crippen LogP contribution < -0.4 is 0 Å². The van der Waals surface area contributed by atoms with E-state index >= 15 is 0 Å². The molecule has 0 spiro atoms. The van der Waals surface area contributed by atoms with E-state index in [0.29, 0.717) is 54.0 Å². The number of carbonyl (C=O) groups is 1. The maximum atomic E-state index is 11.8. The number of allylic oxidation sites excluding steroid dienone is 1. The number of hydrogen-bond acceptors (Lipinski definition) is 3. The van der Waals surface area contributed by atoms with Crippen LogP contribution in [-0.2, 0) is 4.79 Å². The third-order valence-electron chi connectivity index (χ3n) is 8.89. The van der Waals surface area contributed by atoms with E-state index in [1.54, 1.807) is 6.08 Å². The first kappa shape index (κ1) is 17.2. The van der Waals surface area contributed by atoms with Gasteiger partial charge in [-0.3, -0.25) is 4.79 Å². The van der Waals surface area contributed by atoms with Crippen molar-refractivity contribution in [3.63, 3.8) is 0 Å². The molecule has 0 aliphatic heterocycles. The molecule has 5 aliphatic rings. The average molecular weight is 352 g/mol. The van der Waals surface area contributed by atoms with E-state index < -0.39 is 5.60 Å². The van der Waals surface area contributed by atoms with Gasteiger partial charge in [0.15, 0.2) is 5.78 Å². The zero-order chi connectivity index (χ0) is 18.1. The summed E-state index contributed by atoms with van der Waals surface area (Å²) < 4.78 is 0. The van der Waals surface area contributed by atoms with Crippen molar-refractivity contribution in [2.45, 2.75) is 56.9 Å². The van der Waals surface area contributed by atoms with Gasteiger partial charge in [0.25, 0.3) is 0 Å². The Morgan fingerprint density at radius 1 is 1.19 bits per heavy atom. The molecule has 8 atom stereocenters. The van der Waals surface area contributed by atoms with Gasteiger partial charge in [-0.2, -0.15) is 0 Å². The molecule has 0 aromatic rings. The Kier molecular flexibility index (Phi) is 3.86. The summed E-state index contributed by atoms with van der Waals surface area (Å²) >= 11 is 0. The molecule has 2 radical (unpaired) electrons. The van der Waals surface area contributed by atoms with Crippen molar-refractivity contribution in [3.05, 3.63) is 23.8 Å². The number of fused-ring (bicyclic) bond motifs is 7. The minimum absolute atomic E-state index is 0.0265. The molecule has 4 heteroatoms. The molecule has 26 heavy (non-hydrogen) atoms. The van der Waals surface area contributed by atoms with Crippen LogP contribution in [0.3, 0.4) is 0 Å². The summed E-state index contributed by atoms with van der Waals surface area (Å²) in [7, 11) is 6.37. The van der Waals surface area contributed by atoms with Crippen molar-refractivity contribution < 1.29 is 15.0 Å². The maximum absolute atomic E-state index is 11.8. The lowest BCUT2D eigenvalue weighted by atomic mass is 9.46. The van der Waals surface area contributed by atoms with Gasteiger partial charge in [-0.15, -0.1) is 0 Å². The van der Waals surface area contributed by atoms with Crippen molar-refractivity contribution in [1.82, 2.24) is 0 Å². The number of carbonyl (C=O) groups excluding carboxylic acids is 1. The molecule has 0 heterocycles. The van der Waals surface area contributed by atoms with Gasteiger partial charge in [0.2, 0.25) is 0 Å². The largest absolute Gasteiger partial charge is 0.392 e. The summed E-state index contributed by atoms with van der Waals surface area (Å²) in [6.07, 6.45) is 13.2. The molecule has 0 aromatic heterocycles. The molecule has 3 nitrogen and oxygen atoms in total. The van der Waals surface area contributed by atoms with E-state index in [4.69, 9.17) is 7.85 Å². The van der Waals surface area contributed by atoms with Gasteiger partial charge in [0.1, 0.15) is 0 Å². The highest BCUT2D eigenvalue weighted by atomic mass is 16.3. The quantitative estimate of drug-likeness (QED) is 0.607. The first-order valence-electron chi connectivity index (χ1n) is 10.5.